The molecule has 0 saturated heterocycles. The normalized spacial score (nSPS) is 11.7. The first-order chi connectivity index (χ1) is 10.2. The van der Waals surface area contributed by atoms with Crippen LogP contribution in [0.15, 0.2) is 70.9 Å². The van der Waals surface area contributed by atoms with Crippen LogP contribution in [0.5, 0.6) is 0 Å². The topological polar surface area (TPSA) is 31.2 Å². The van der Waals surface area contributed by atoms with Crippen LogP contribution in [-0.2, 0) is 0 Å². The van der Waals surface area contributed by atoms with Gasteiger partial charge in [0.2, 0.25) is 0 Å². The minimum absolute atomic E-state index is 0.837. The Morgan fingerprint density at radius 1 is 0.810 bits per heavy atom. The number of benzene rings is 2. The summed E-state index contributed by atoms with van der Waals surface area (Å²) in [5, 5.41) is 12.5. The van der Waals surface area contributed by atoms with Gasteiger partial charge in [-0.15, -0.1) is 0 Å². The zero-order valence-corrected chi connectivity index (χ0v) is 12.6. The summed E-state index contributed by atoms with van der Waals surface area (Å²) in [6.07, 6.45) is 1.76. The van der Waals surface area contributed by atoms with Crippen LogP contribution in [0, 0.1) is 0 Å². The molecule has 0 N–H and O–H groups in total. The van der Waals surface area contributed by atoms with E-state index >= 15 is 0 Å². The minimum atomic E-state index is 0.837. The van der Waals surface area contributed by atoms with E-state index in [4.69, 9.17) is 0 Å². The van der Waals surface area contributed by atoms with Crippen LogP contribution in [0.2, 0.25) is 0 Å². The van der Waals surface area contributed by atoms with E-state index in [2.05, 4.69) is 10.2 Å². The van der Waals surface area contributed by atoms with Crippen LogP contribution in [0.1, 0.15) is 6.92 Å². The standard InChI is InChI=1S/C17H20N4/c1-15(19-21(3)17-12-8-5-9-13-17)14-18-20(2)16-10-6-4-7-11-16/h4-14H,1-3H3/b18-14-,19-15+. The van der Waals surface area contributed by atoms with Gasteiger partial charge in [-0.05, 0) is 31.2 Å². The van der Waals surface area contributed by atoms with Crippen molar-refractivity contribution >= 4 is 23.3 Å². The molecule has 0 spiro atoms. The van der Waals surface area contributed by atoms with Crippen molar-refractivity contribution in [2.45, 2.75) is 6.92 Å². The van der Waals surface area contributed by atoms with Crippen LogP contribution in [0.4, 0.5) is 11.4 Å². The van der Waals surface area contributed by atoms with Crippen molar-refractivity contribution in [2.24, 2.45) is 10.2 Å². The number of hydrogen-bond acceptors (Lipinski definition) is 4. The fourth-order valence-electron chi connectivity index (χ4n) is 1.84. The molecule has 0 aliphatic rings. The summed E-state index contributed by atoms with van der Waals surface area (Å²) in [6.45, 7) is 1.93. The summed E-state index contributed by atoms with van der Waals surface area (Å²) in [7, 11) is 3.84. The monoisotopic (exact) mass is 280 g/mol. The fourth-order valence-corrected chi connectivity index (χ4v) is 1.84. The van der Waals surface area contributed by atoms with Gasteiger partial charge in [-0.25, -0.2) is 0 Å². The molecule has 0 atom stereocenters. The molecular weight excluding hydrogens is 260 g/mol. The van der Waals surface area contributed by atoms with E-state index in [0.29, 0.717) is 0 Å². The van der Waals surface area contributed by atoms with Gasteiger partial charge >= 0.3 is 0 Å². The van der Waals surface area contributed by atoms with E-state index in [0.717, 1.165) is 17.1 Å². The Labute approximate surface area is 126 Å². The second-order valence-corrected chi connectivity index (χ2v) is 4.70. The average Bonchev–Trinajstić information content (AvgIpc) is 2.54. The second-order valence-electron chi connectivity index (χ2n) is 4.70. The summed E-state index contributed by atoms with van der Waals surface area (Å²) in [5.41, 5.74) is 2.92. The van der Waals surface area contributed by atoms with Gasteiger partial charge in [0.1, 0.15) is 0 Å². The Hall–Kier alpha value is -2.62. The van der Waals surface area contributed by atoms with E-state index in [-0.39, 0.29) is 0 Å². The van der Waals surface area contributed by atoms with Gasteiger partial charge in [0.05, 0.1) is 23.3 Å². The summed E-state index contributed by atoms with van der Waals surface area (Å²) in [5.74, 6) is 0. The number of anilines is 2. The molecule has 4 heteroatoms. The second kappa shape index (κ2) is 7.24. The first-order valence-corrected chi connectivity index (χ1v) is 6.83. The zero-order chi connectivity index (χ0) is 15.1. The molecule has 0 aliphatic carbocycles. The first kappa shape index (κ1) is 14.8. The van der Waals surface area contributed by atoms with Gasteiger partial charge in [0.25, 0.3) is 0 Å². The lowest BCUT2D eigenvalue weighted by atomic mass is 10.3. The van der Waals surface area contributed by atoms with Gasteiger partial charge in [-0.1, -0.05) is 36.4 Å². The van der Waals surface area contributed by atoms with Crippen LogP contribution >= 0.6 is 0 Å². The molecule has 0 aliphatic heterocycles. The summed E-state index contributed by atoms with van der Waals surface area (Å²) in [6, 6.07) is 20.0. The molecule has 0 bridgehead atoms. The van der Waals surface area contributed by atoms with E-state index < -0.39 is 0 Å². The first-order valence-electron chi connectivity index (χ1n) is 6.83. The van der Waals surface area contributed by atoms with Crippen molar-refractivity contribution in [1.29, 1.82) is 0 Å². The fraction of sp³-hybridized carbons (Fsp3) is 0.176. The van der Waals surface area contributed by atoms with Gasteiger partial charge < -0.3 is 0 Å². The van der Waals surface area contributed by atoms with E-state index in [9.17, 15) is 0 Å². The quantitative estimate of drug-likeness (QED) is 0.618. The smallest absolute Gasteiger partial charge is 0.0778 e. The molecule has 0 radical (unpaired) electrons. The Morgan fingerprint density at radius 3 is 1.81 bits per heavy atom. The molecule has 0 amide bonds. The van der Waals surface area contributed by atoms with Crippen LogP contribution in [-0.4, -0.2) is 26.0 Å². The number of hydrogen-bond donors (Lipinski definition) is 0. The third-order valence-corrected chi connectivity index (χ3v) is 2.99. The maximum atomic E-state index is 4.49. The molecule has 4 nitrogen and oxygen atoms in total. The SMILES string of the molecule is CC(/C=N\N(C)c1ccccc1)=N\N(C)c1ccccc1. The van der Waals surface area contributed by atoms with E-state index in [1.165, 1.54) is 0 Å². The molecule has 21 heavy (non-hydrogen) atoms. The Balaban J connectivity index is 2.02. The molecule has 0 fully saturated rings. The van der Waals surface area contributed by atoms with Gasteiger partial charge in [-0.2, -0.15) is 10.2 Å². The number of para-hydroxylation sites is 2. The van der Waals surface area contributed by atoms with Crippen LogP contribution < -0.4 is 10.0 Å². The highest BCUT2D eigenvalue weighted by Crippen LogP contribution is 2.12. The maximum absolute atomic E-state index is 4.49. The Bertz CT molecular complexity index is 605. The van der Waals surface area contributed by atoms with Gasteiger partial charge in [-0.3, -0.25) is 10.0 Å². The third-order valence-electron chi connectivity index (χ3n) is 2.99. The lowest BCUT2D eigenvalue weighted by Crippen LogP contribution is -2.14. The van der Waals surface area contributed by atoms with Crippen molar-refractivity contribution < 1.29 is 0 Å². The van der Waals surface area contributed by atoms with E-state index in [1.807, 2.05) is 91.7 Å². The minimum Gasteiger partial charge on any atom is -0.269 e. The average molecular weight is 280 g/mol. The van der Waals surface area contributed by atoms with Crippen molar-refractivity contribution in [3.8, 4) is 0 Å². The highest BCUT2D eigenvalue weighted by Gasteiger charge is 1.98. The van der Waals surface area contributed by atoms with E-state index in [1.54, 1.807) is 6.21 Å². The molecule has 2 aromatic rings. The van der Waals surface area contributed by atoms with Crippen molar-refractivity contribution in [1.82, 2.24) is 0 Å². The predicted octanol–water partition coefficient (Wildman–Crippen LogP) is 3.62. The molecule has 2 aromatic carbocycles. The lowest BCUT2D eigenvalue weighted by Gasteiger charge is -2.14. The number of nitrogens with zero attached hydrogens (tertiary/aromatic N) is 4. The van der Waals surface area contributed by atoms with Crippen molar-refractivity contribution in [3.63, 3.8) is 0 Å². The number of rotatable bonds is 5. The summed E-state index contributed by atoms with van der Waals surface area (Å²) in [4.78, 5) is 0. The Morgan fingerprint density at radius 2 is 1.29 bits per heavy atom. The summed E-state index contributed by atoms with van der Waals surface area (Å²) < 4.78 is 0. The largest absolute Gasteiger partial charge is 0.269 e. The van der Waals surface area contributed by atoms with Crippen LogP contribution in [0.25, 0.3) is 0 Å². The van der Waals surface area contributed by atoms with Crippen molar-refractivity contribution in [2.75, 3.05) is 24.1 Å². The number of hydrazone groups is 2. The summed E-state index contributed by atoms with van der Waals surface area (Å²) >= 11 is 0. The van der Waals surface area contributed by atoms with Gasteiger partial charge in [0.15, 0.2) is 0 Å². The van der Waals surface area contributed by atoms with Crippen LogP contribution in [0.3, 0.4) is 0 Å². The molecule has 108 valence electrons. The van der Waals surface area contributed by atoms with Crippen molar-refractivity contribution in [3.05, 3.63) is 60.7 Å². The molecular formula is C17H20N4. The maximum Gasteiger partial charge on any atom is 0.0778 e. The molecule has 0 aromatic heterocycles. The lowest BCUT2D eigenvalue weighted by molar-refractivity contribution is 1.01. The zero-order valence-electron chi connectivity index (χ0n) is 12.6. The molecule has 2 rings (SSSR count). The molecule has 0 saturated carbocycles. The molecule has 0 heterocycles. The third kappa shape index (κ3) is 4.45. The van der Waals surface area contributed by atoms with Gasteiger partial charge in [0, 0.05) is 14.1 Å². The Kier molecular flexibility index (Phi) is 5.10. The molecule has 0 unspecified atom stereocenters. The predicted molar refractivity (Wildman–Crippen MR) is 91.3 cm³/mol. The highest BCUT2D eigenvalue weighted by atomic mass is 15.5. The highest BCUT2D eigenvalue weighted by molar-refractivity contribution is 6.29.